The van der Waals surface area contributed by atoms with E-state index in [1.165, 1.54) is 17.9 Å². The molecule has 0 radical (unpaired) electrons. The molecule has 2 aliphatic rings. The average molecular weight is 365 g/mol. The molecule has 0 unspecified atom stereocenters. The summed E-state index contributed by atoms with van der Waals surface area (Å²) in [5, 5.41) is 2.91. The Morgan fingerprint density at radius 3 is 2.78 bits per heavy atom. The van der Waals surface area contributed by atoms with Gasteiger partial charge in [-0.25, -0.2) is 0 Å². The zero-order valence-corrected chi connectivity index (χ0v) is 15.0. The second-order valence-electron chi connectivity index (χ2n) is 6.49. The van der Waals surface area contributed by atoms with Crippen LogP contribution in [0, 0.1) is 0 Å². The Labute approximate surface area is 155 Å². The molecule has 2 aliphatic heterocycles. The number of nitrogens with zero attached hydrogens (tertiary/aromatic N) is 2. The van der Waals surface area contributed by atoms with E-state index >= 15 is 0 Å². The van der Waals surface area contributed by atoms with Gasteiger partial charge in [-0.2, -0.15) is 4.98 Å². The van der Waals surface area contributed by atoms with Crippen molar-refractivity contribution in [2.24, 2.45) is 0 Å². The lowest BCUT2D eigenvalue weighted by atomic mass is 9.97. The first kappa shape index (κ1) is 17.2. The third kappa shape index (κ3) is 2.76. The van der Waals surface area contributed by atoms with E-state index in [4.69, 9.17) is 9.47 Å². The predicted molar refractivity (Wildman–Crippen MR) is 99.0 cm³/mol. The summed E-state index contributed by atoms with van der Waals surface area (Å²) in [6, 6.07) is 8.87. The van der Waals surface area contributed by atoms with Gasteiger partial charge in [0.1, 0.15) is 11.6 Å². The van der Waals surface area contributed by atoms with Crippen molar-refractivity contribution in [2.75, 3.05) is 7.11 Å². The maximum absolute atomic E-state index is 13.2. The van der Waals surface area contributed by atoms with Crippen molar-refractivity contribution < 1.29 is 14.3 Å². The van der Waals surface area contributed by atoms with Gasteiger partial charge in [-0.1, -0.05) is 36.4 Å². The van der Waals surface area contributed by atoms with Crippen LogP contribution in [0.15, 0.2) is 53.5 Å². The summed E-state index contributed by atoms with van der Waals surface area (Å²) in [6.07, 6.45) is 6.78. The van der Waals surface area contributed by atoms with Crippen LogP contribution in [0.1, 0.15) is 29.9 Å². The molecule has 138 valence electrons. The maximum Gasteiger partial charge on any atom is 0.265 e. The fraction of sp³-hybridized carbons (Fsp3) is 0.250. The summed E-state index contributed by atoms with van der Waals surface area (Å²) < 4.78 is 12.7. The number of hydrogen-bond acceptors (Lipinski definition) is 5. The largest absolute Gasteiger partial charge is 0.446 e. The number of nitrogens with one attached hydrogen (secondary N) is 1. The quantitative estimate of drug-likeness (QED) is 0.898. The highest BCUT2D eigenvalue weighted by atomic mass is 16.5. The molecule has 2 atom stereocenters. The number of carbonyl (C=O) groups is 1. The SMILES string of the molecule is CO[C@]1(Cc2ccccc2)NC(=O)[C@@H](C)n2c1nc1c(c2=O)C=CC=CO1. The fourth-order valence-electron chi connectivity index (χ4n) is 3.40. The Hall–Kier alpha value is -3.19. The number of aromatic nitrogens is 2. The number of allylic oxidation sites excluding steroid dienone is 2. The van der Waals surface area contributed by atoms with Crippen LogP contribution < -0.4 is 15.6 Å². The molecule has 27 heavy (non-hydrogen) atoms. The minimum Gasteiger partial charge on any atom is -0.446 e. The monoisotopic (exact) mass is 365 g/mol. The standard InChI is InChI=1S/C20H19N3O4/c1-13-16(24)22-20(26-2,12-14-8-4-3-5-9-14)19-21-17-15(18(25)23(13)19)10-6-7-11-27-17/h3-11,13H,12H2,1-2H3,(H,22,24)/t13-,20+/m1/s1. The van der Waals surface area contributed by atoms with Gasteiger partial charge in [0, 0.05) is 13.5 Å². The molecular weight excluding hydrogens is 346 g/mol. The lowest BCUT2D eigenvalue weighted by molar-refractivity contribution is -0.142. The average Bonchev–Trinajstić information content (AvgIpc) is 2.92. The van der Waals surface area contributed by atoms with E-state index in [-0.39, 0.29) is 17.3 Å². The van der Waals surface area contributed by atoms with E-state index in [0.29, 0.717) is 17.8 Å². The van der Waals surface area contributed by atoms with Crippen molar-refractivity contribution in [1.29, 1.82) is 0 Å². The minimum atomic E-state index is -1.28. The molecule has 1 aromatic heterocycles. The topological polar surface area (TPSA) is 82.5 Å². The molecule has 4 rings (SSSR count). The van der Waals surface area contributed by atoms with E-state index in [1.807, 2.05) is 30.3 Å². The first-order valence-electron chi connectivity index (χ1n) is 8.64. The van der Waals surface area contributed by atoms with Crippen LogP contribution in [0.3, 0.4) is 0 Å². The molecule has 7 nitrogen and oxygen atoms in total. The molecule has 7 heteroatoms. The number of amides is 1. The van der Waals surface area contributed by atoms with Crippen molar-refractivity contribution in [3.63, 3.8) is 0 Å². The number of ether oxygens (including phenoxy) is 2. The second-order valence-corrected chi connectivity index (χ2v) is 6.49. The zero-order chi connectivity index (χ0) is 19.0. The number of carbonyl (C=O) groups excluding carboxylic acids is 1. The van der Waals surface area contributed by atoms with Crippen LogP contribution in [0.2, 0.25) is 0 Å². The van der Waals surface area contributed by atoms with Gasteiger partial charge in [0.2, 0.25) is 17.5 Å². The van der Waals surface area contributed by atoms with Gasteiger partial charge < -0.3 is 14.8 Å². The minimum absolute atomic E-state index is 0.189. The van der Waals surface area contributed by atoms with Crippen LogP contribution in [0.4, 0.5) is 0 Å². The van der Waals surface area contributed by atoms with Crippen molar-refractivity contribution in [3.8, 4) is 5.88 Å². The highest BCUT2D eigenvalue weighted by Crippen LogP contribution is 2.33. The Bertz CT molecular complexity index is 1010. The molecule has 1 amide bonds. The smallest absolute Gasteiger partial charge is 0.265 e. The summed E-state index contributed by atoms with van der Waals surface area (Å²) in [5.41, 5.74) is -0.380. The molecule has 0 aliphatic carbocycles. The van der Waals surface area contributed by atoms with E-state index < -0.39 is 11.8 Å². The summed E-state index contributed by atoms with van der Waals surface area (Å²) in [5.74, 6) is 0.197. The Morgan fingerprint density at radius 2 is 2.04 bits per heavy atom. The van der Waals surface area contributed by atoms with Crippen LogP contribution >= 0.6 is 0 Å². The molecule has 3 heterocycles. The van der Waals surface area contributed by atoms with Crippen molar-refractivity contribution in [2.45, 2.75) is 25.1 Å². The third-order valence-electron chi connectivity index (χ3n) is 4.84. The second kappa shape index (κ2) is 6.51. The fourth-order valence-corrected chi connectivity index (χ4v) is 3.40. The number of methoxy groups -OCH3 is 1. The molecule has 2 aromatic rings. The first-order chi connectivity index (χ1) is 13.1. The van der Waals surface area contributed by atoms with Gasteiger partial charge in [0.05, 0.1) is 6.26 Å². The highest BCUT2D eigenvalue weighted by Gasteiger charge is 2.46. The van der Waals surface area contributed by atoms with Crippen LogP contribution in [0.5, 0.6) is 5.88 Å². The Kier molecular flexibility index (Phi) is 4.16. The first-order valence-corrected chi connectivity index (χ1v) is 8.64. The van der Waals surface area contributed by atoms with Crippen LogP contribution in [0.25, 0.3) is 6.08 Å². The number of rotatable bonds is 3. The van der Waals surface area contributed by atoms with Crippen LogP contribution in [-0.4, -0.2) is 22.6 Å². The summed E-state index contributed by atoms with van der Waals surface area (Å²) in [4.78, 5) is 30.4. The van der Waals surface area contributed by atoms with Crippen molar-refractivity contribution in [1.82, 2.24) is 14.9 Å². The van der Waals surface area contributed by atoms with Gasteiger partial charge >= 0.3 is 0 Å². The molecule has 0 spiro atoms. The third-order valence-corrected chi connectivity index (χ3v) is 4.84. The molecule has 0 saturated heterocycles. The van der Waals surface area contributed by atoms with Gasteiger partial charge in [-0.15, -0.1) is 0 Å². The van der Waals surface area contributed by atoms with Crippen molar-refractivity contribution >= 4 is 12.0 Å². The zero-order valence-electron chi connectivity index (χ0n) is 15.0. The number of fused-ring (bicyclic) bond motifs is 2. The molecule has 0 bridgehead atoms. The Balaban J connectivity index is 1.96. The summed E-state index contributed by atoms with van der Waals surface area (Å²) in [6.45, 7) is 1.66. The lowest BCUT2D eigenvalue weighted by Crippen LogP contribution is -2.59. The lowest BCUT2D eigenvalue weighted by Gasteiger charge is -2.40. The summed E-state index contributed by atoms with van der Waals surface area (Å²) in [7, 11) is 1.49. The number of benzene rings is 1. The Morgan fingerprint density at radius 1 is 1.26 bits per heavy atom. The predicted octanol–water partition coefficient (Wildman–Crippen LogP) is 1.90. The molecular formula is C20H19N3O4. The normalized spacial score (nSPS) is 23.0. The van der Waals surface area contributed by atoms with Gasteiger partial charge in [0.15, 0.2) is 5.82 Å². The molecule has 1 N–H and O–H groups in total. The van der Waals surface area contributed by atoms with E-state index in [0.717, 1.165) is 5.56 Å². The number of hydrogen-bond donors (Lipinski definition) is 1. The molecule has 1 aromatic carbocycles. The van der Waals surface area contributed by atoms with E-state index in [2.05, 4.69) is 10.3 Å². The molecule has 0 saturated carbocycles. The van der Waals surface area contributed by atoms with E-state index in [1.54, 1.807) is 25.2 Å². The summed E-state index contributed by atoms with van der Waals surface area (Å²) >= 11 is 0. The van der Waals surface area contributed by atoms with E-state index in [9.17, 15) is 9.59 Å². The van der Waals surface area contributed by atoms with Gasteiger partial charge in [-0.3, -0.25) is 14.2 Å². The van der Waals surface area contributed by atoms with Crippen molar-refractivity contribution in [3.05, 3.63) is 76.1 Å². The van der Waals surface area contributed by atoms with Crippen LogP contribution in [-0.2, 0) is 21.7 Å². The molecule has 0 fully saturated rings. The van der Waals surface area contributed by atoms with Gasteiger partial charge in [-0.05, 0) is 24.6 Å². The maximum atomic E-state index is 13.2. The van der Waals surface area contributed by atoms with Gasteiger partial charge in [0.25, 0.3) is 5.56 Å². The highest BCUT2D eigenvalue weighted by molar-refractivity contribution is 5.82.